The lowest BCUT2D eigenvalue weighted by Gasteiger charge is -2.21. The molecule has 2 atom stereocenters. The zero-order valence-electron chi connectivity index (χ0n) is 12.2. The molecule has 0 radical (unpaired) electrons. The maximum Gasteiger partial charge on any atom is 0.0556 e. The van der Waals surface area contributed by atoms with Gasteiger partial charge in [-0.1, -0.05) is 27.7 Å². The van der Waals surface area contributed by atoms with E-state index in [-0.39, 0.29) is 0 Å². The highest BCUT2D eigenvalue weighted by molar-refractivity contribution is 5.15. The summed E-state index contributed by atoms with van der Waals surface area (Å²) in [5.41, 5.74) is 1.87. The highest BCUT2D eigenvalue weighted by Crippen LogP contribution is 2.57. The van der Waals surface area contributed by atoms with Crippen LogP contribution in [-0.4, -0.2) is 16.3 Å². The van der Waals surface area contributed by atoms with E-state index in [1.807, 2.05) is 6.20 Å². The monoisotopic (exact) mass is 249 g/mol. The molecule has 1 N–H and O–H groups in total. The van der Waals surface area contributed by atoms with E-state index in [0.717, 1.165) is 25.4 Å². The Bertz CT molecular complexity index is 381. The molecule has 2 rings (SSSR count). The van der Waals surface area contributed by atoms with Crippen LogP contribution < -0.4 is 5.32 Å². The number of aryl methyl sites for hydroxylation is 1. The highest BCUT2D eigenvalue weighted by atomic mass is 15.3. The number of hydrogen-bond acceptors (Lipinski definition) is 2. The van der Waals surface area contributed by atoms with Crippen molar-refractivity contribution in [3.8, 4) is 0 Å². The number of hydrogen-bond donors (Lipinski definition) is 1. The molecule has 0 aromatic carbocycles. The second-order valence-electron chi connectivity index (χ2n) is 6.21. The summed E-state index contributed by atoms with van der Waals surface area (Å²) in [4.78, 5) is 0. The Morgan fingerprint density at radius 3 is 2.72 bits per heavy atom. The number of rotatable bonds is 7. The molecule has 0 amide bonds. The van der Waals surface area contributed by atoms with Crippen molar-refractivity contribution < 1.29 is 0 Å². The van der Waals surface area contributed by atoms with Gasteiger partial charge in [-0.2, -0.15) is 5.10 Å². The van der Waals surface area contributed by atoms with Crippen molar-refractivity contribution in [2.24, 2.45) is 11.3 Å². The number of aromatic nitrogens is 2. The lowest BCUT2D eigenvalue weighted by atomic mass is 10.0. The maximum absolute atomic E-state index is 4.47. The van der Waals surface area contributed by atoms with Gasteiger partial charge < -0.3 is 5.32 Å². The van der Waals surface area contributed by atoms with Crippen LogP contribution in [0.3, 0.4) is 0 Å². The van der Waals surface area contributed by atoms with E-state index in [0.29, 0.717) is 11.5 Å². The average molecular weight is 249 g/mol. The third kappa shape index (κ3) is 2.77. The fraction of sp³-hybridized carbons (Fsp3) is 0.800. The van der Waals surface area contributed by atoms with Gasteiger partial charge in [0, 0.05) is 12.7 Å². The van der Waals surface area contributed by atoms with E-state index >= 15 is 0 Å². The first-order valence-electron chi connectivity index (χ1n) is 7.35. The molecule has 0 saturated heterocycles. The van der Waals surface area contributed by atoms with Crippen LogP contribution >= 0.6 is 0 Å². The van der Waals surface area contributed by atoms with Crippen LogP contribution in [0, 0.1) is 11.3 Å². The predicted octanol–water partition coefficient (Wildman–Crippen LogP) is 3.38. The molecule has 1 aromatic heterocycles. The summed E-state index contributed by atoms with van der Waals surface area (Å²) in [6, 6.07) is 2.67. The minimum atomic E-state index is 0.481. The quantitative estimate of drug-likeness (QED) is 0.803. The van der Waals surface area contributed by atoms with Gasteiger partial charge in [0.25, 0.3) is 0 Å². The van der Waals surface area contributed by atoms with Gasteiger partial charge in [0.1, 0.15) is 0 Å². The van der Waals surface area contributed by atoms with Crippen molar-refractivity contribution in [2.45, 2.75) is 59.5 Å². The molecular formula is C15H27N3. The third-order valence-corrected chi connectivity index (χ3v) is 4.11. The first kappa shape index (κ1) is 13.6. The summed E-state index contributed by atoms with van der Waals surface area (Å²) in [5, 5.41) is 8.20. The molecular weight excluding hydrogens is 222 g/mol. The molecule has 0 spiro atoms. The molecule has 1 aliphatic rings. The summed E-state index contributed by atoms with van der Waals surface area (Å²) in [6.45, 7) is 11.3. The minimum Gasteiger partial charge on any atom is -0.308 e. The first-order chi connectivity index (χ1) is 8.60. The van der Waals surface area contributed by atoms with Crippen LogP contribution in [0.1, 0.15) is 58.7 Å². The second-order valence-corrected chi connectivity index (χ2v) is 6.21. The van der Waals surface area contributed by atoms with Crippen LogP contribution in [0.4, 0.5) is 0 Å². The molecule has 3 heteroatoms. The van der Waals surface area contributed by atoms with Crippen molar-refractivity contribution in [2.75, 3.05) is 6.54 Å². The minimum absolute atomic E-state index is 0.481. The SMILES string of the molecule is CCCNC(c1ccnn1CCC)C1CC1(C)C. The summed E-state index contributed by atoms with van der Waals surface area (Å²) in [5.74, 6) is 0.761. The smallest absolute Gasteiger partial charge is 0.0556 e. The standard InChI is InChI=1S/C15H27N3/c1-5-8-16-14(12-11-15(12,3)4)13-7-9-17-18(13)10-6-2/h7,9,12,14,16H,5-6,8,10-11H2,1-4H3. The lowest BCUT2D eigenvalue weighted by Crippen LogP contribution is -2.28. The Labute approximate surface area is 111 Å². The van der Waals surface area contributed by atoms with Crippen molar-refractivity contribution >= 4 is 0 Å². The van der Waals surface area contributed by atoms with Crippen molar-refractivity contribution in [1.29, 1.82) is 0 Å². The fourth-order valence-corrected chi connectivity index (χ4v) is 2.84. The van der Waals surface area contributed by atoms with Crippen molar-refractivity contribution in [1.82, 2.24) is 15.1 Å². The van der Waals surface area contributed by atoms with E-state index in [1.54, 1.807) is 0 Å². The van der Waals surface area contributed by atoms with Crippen LogP contribution in [-0.2, 0) is 6.54 Å². The van der Waals surface area contributed by atoms with Gasteiger partial charge in [-0.3, -0.25) is 4.68 Å². The molecule has 0 aliphatic heterocycles. The third-order valence-electron chi connectivity index (χ3n) is 4.11. The molecule has 102 valence electrons. The van der Waals surface area contributed by atoms with Gasteiger partial charge in [-0.15, -0.1) is 0 Å². The maximum atomic E-state index is 4.47. The molecule has 1 heterocycles. The molecule has 3 nitrogen and oxygen atoms in total. The molecule has 1 aromatic rings. The van der Waals surface area contributed by atoms with E-state index in [1.165, 1.54) is 18.5 Å². The Balaban J connectivity index is 2.15. The van der Waals surface area contributed by atoms with Gasteiger partial charge in [-0.25, -0.2) is 0 Å². The Hall–Kier alpha value is -0.830. The van der Waals surface area contributed by atoms with E-state index in [2.05, 4.69) is 48.9 Å². The summed E-state index contributed by atoms with van der Waals surface area (Å²) in [7, 11) is 0. The van der Waals surface area contributed by atoms with Crippen LogP contribution in [0.15, 0.2) is 12.3 Å². The largest absolute Gasteiger partial charge is 0.308 e. The summed E-state index contributed by atoms with van der Waals surface area (Å²) < 4.78 is 2.18. The Morgan fingerprint density at radius 2 is 2.17 bits per heavy atom. The number of nitrogens with one attached hydrogen (secondary N) is 1. The predicted molar refractivity (Wildman–Crippen MR) is 75.4 cm³/mol. The summed E-state index contributed by atoms with van der Waals surface area (Å²) >= 11 is 0. The fourth-order valence-electron chi connectivity index (χ4n) is 2.84. The zero-order valence-corrected chi connectivity index (χ0v) is 12.2. The van der Waals surface area contributed by atoms with Gasteiger partial charge in [0.15, 0.2) is 0 Å². The van der Waals surface area contributed by atoms with E-state index in [4.69, 9.17) is 0 Å². The molecule has 1 aliphatic carbocycles. The Morgan fingerprint density at radius 1 is 1.44 bits per heavy atom. The van der Waals surface area contributed by atoms with E-state index < -0.39 is 0 Å². The first-order valence-corrected chi connectivity index (χ1v) is 7.35. The van der Waals surface area contributed by atoms with Gasteiger partial charge in [0.05, 0.1) is 11.7 Å². The van der Waals surface area contributed by atoms with Gasteiger partial charge in [-0.05, 0) is 43.2 Å². The van der Waals surface area contributed by atoms with Crippen LogP contribution in [0.5, 0.6) is 0 Å². The number of nitrogens with zero attached hydrogens (tertiary/aromatic N) is 2. The van der Waals surface area contributed by atoms with E-state index in [9.17, 15) is 0 Å². The van der Waals surface area contributed by atoms with Crippen LogP contribution in [0.2, 0.25) is 0 Å². The molecule has 1 fully saturated rings. The molecule has 0 bridgehead atoms. The second kappa shape index (κ2) is 5.43. The molecule has 2 unspecified atom stereocenters. The zero-order chi connectivity index (χ0) is 13.2. The van der Waals surface area contributed by atoms with Crippen molar-refractivity contribution in [3.63, 3.8) is 0 Å². The van der Waals surface area contributed by atoms with Gasteiger partial charge >= 0.3 is 0 Å². The normalized spacial score (nSPS) is 23.0. The Kier molecular flexibility index (Phi) is 4.10. The van der Waals surface area contributed by atoms with Crippen molar-refractivity contribution in [3.05, 3.63) is 18.0 Å². The molecule has 1 saturated carbocycles. The summed E-state index contributed by atoms with van der Waals surface area (Å²) in [6.07, 6.45) is 5.60. The molecule has 18 heavy (non-hydrogen) atoms. The topological polar surface area (TPSA) is 29.9 Å². The lowest BCUT2D eigenvalue weighted by molar-refractivity contribution is 0.387. The highest BCUT2D eigenvalue weighted by Gasteiger charge is 2.51. The average Bonchev–Trinajstić information content (AvgIpc) is 2.75. The van der Waals surface area contributed by atoms with Gasteiger partial charge in [0.2, 0.25) is 0 Å². The van der Waals surface area contributed by atoms with Crippen LogP contribution in [0.25, 0.3) is 0 Å².